The van der Waals surface area contributed by atoms with Gasteiger partial charge < -0.3 is 4.74 Å². The Morgan fingerprint density at radius 2 is 1.83 bits per heavy atom. The van der Waals surface area contributed by atoms with Crippen molar-refractivity contribution in [1.29, 1.82) is 0 Å². The molecule has 154 valence electrons. The summed E-state index contributed by atoms with van der Waals surface area (Å²) in [5.41, 5.74) is 2.71. The molecule has 0 aliphatic heterocycles. The number of methoxy groups -OCH3 is 1. The van der Waals surface area contributed by atoms with Crippen molar-refractivity contribution in [2.24, 2.45) is 0 Å². The number of aromatic nitrogens is 4. The lowest BCUT2D eigenvalue weighted by Crippen LogP contribution is -2.15. The van der Waals surface area contributed by atoms with Crippen molar-refractivity contribution in [1.82, 2.24) is 19.8 Å². The molecular formula is C20H18ClN5O3S. The zero-order valence-electron chi connectivity index (χ0n) is 16.4. The van der Waals surface area contributed by atoms with Gasteiger partial charge in [0.25, 0.3) is 10.0 Å². The minimum Gasteiger partial charge on any atom is -0.495 e. The molecule has 0 unspecified atom stereocenters. The maximum absolute atomic E-state index is 13.2. The monoisotopic (exact) mass is 443 g/mol. The average molecular weight is 444 g/mol. The van der Waals surface area contributed by atoms with Crippen LogP contribution in [0.25, 0.3) is 16.9 Å². The van der Waals surface area contributed by atoms with Crippen LogP contribution in [-0.2, 0) is 10.0 Å². The zero-order chi connectivity index (χ0) is 21.5. The molecule has 0 radical (unpaired) electrons. The maximum atomic E-state index is 13.2. The molecule has 4 aromatic rings. The lowest BCUT2D eigenvalue weighted by molar-refractivity contribution is 0.417. The molecule has 0 spiro atoms. The predicted octanol–water partition coefficient (Wildman–Crippen LogP) is 3.87. The molecule has 0 atom stereocenters. The molecule has 0 saturated heterocycles. The van der Waals surface area contributed by atoms with Gasteiger partial charge in [0.15, 0.2) is 11.5 Å². The average Bonchev–Trinajstić information content (AvgIpc) is 3.08. The van der Waals surface area contributed by atoms with E-state index in [4.69, 9.17) is 16.3 Å². The highest BCUT2D eigenvalue weighted by molar-refractivity contribution is 7.92. The van der Waals surface area contributed by atoms with E-state index in [9.17, 15) is 8.42 Å². The highest BCUT2D eigenvalue weighted by atomic mass is 35.5. The number of nitrogens with zero attached hydrogens (tertiary/aromatic N) is 4. The second-order valence-electron chi connectivity index (χ2n) is 6.67. The fraction of sp³-hybridized carbons (Fsp3) is 0.150. The number of hydrogen-bond acceptors (Lipinski definition) is 6. The first-order chi connectivity index (χ1) is 14.3. The Balaban J connectivity index is 1.77. The Labute approximate surface area is 178 Å². The van der Waals surface area contributed by atoms with Gasteiger partial charge in [0.1, 0.15) is 5.75 Å². The molecule has 0 aliphatic carbocycles. The predicted molar refractivity (Wildman–Crippen MR) is 115 cm³/mol. The largest absolute Gasteiger partial charge is 0.495 e. The minimum absolute atomic E-state index is 0.129. The molecule has 2 aromatic carbocycles. The SMILES string of the molecule is COc1ccc(Cl)cc1NS(=O)(=O)c1cc(-c2ccc3nnc(C)n3n2)ccc1C. The standard InChI is InChI=1S/C20H18ClN5O3S/c1-12-4-5-14(16-7-9-20-23-22-13(2)26(20)24-16)10-19(12)30(27,28)25-17-11-15(21)6-8-18(17)29-3/h4-11,25H,1-3H3. The molecule has 30 heavy (non-hydrogen) atoms. The van der Waals surface area contributed by atoms with Gasteiger partial charge in [-0.15, -0.1) is 10.2 Å². The fourth-order valence-corrected chi connectivity index (χ4v) is 4.56. The number of sulfonamides is 1. The summed E-state index contributed by atoms with van der Waals surface area (Å²) >= 11 is 6.03. The lowest BCUT2D eigenvalue weighted by atomic mass is 10.1. The molecule has 4 rings (SSSR count). The first-order valence-electron chi connectivity index (χ1n) is 8.95. The summed E-state index contributed by atoms with van der Waals surface area (Å²) in [5.74, 6) is 1.01. The number of halogens is 1. The van der Waals surface area contributed by atoms with Gasteiger partial charge in [0, 0.05) is 10.6 Å². The molecule has 10 heteroatoms. The van der Waals surface area contributed by atoms with Crippen molar-refractivity contribution in [2.75, 3.05) is 11.8 Å². The molecule has 1 N–H and O–H groups in total. The van der Waals surface area contributed by atoms with Crippen LogP contribution in [0.4, 0.5) is 5.69 Å². The lowest BCUT2D eigenvalue weighted by Gasteiger charge is -2.14. The summed E-state index contributed by atoms with van der Waals surface area (Å²) < 4.78 is 35.7. The van der Waals surface area contributed by atoms with Crippen molar-refractivity contribution in [2.45, 2.75) is 18.7 Å². The molecular weight excluding hydrogens is 426 g/mol. The summed E-state index contributed by atoms with van der Waals surface area (Å²) in [6, 6.07) is 13.4. The Bertz CT molecular complexity index is 1370. The van der Waals surface area contributed by atoms with Crippen LogP contribution in [0.15, 0.2) is 53.4 Å². The van der Waals surface area contributed by atoms with Gasteiger partial charge in [-0.25, -0.2) is 8.42 Å². The van der Waals surface area contributed by atoms with E-state index in [-0.39, 0.29) is 10.6 Å². The van der Waals surface area contributed by atoms with Crippen LogP contribution in [0.2, 0.25) is 5.02 Å². The summed E-state index contributed by atoms with van der Waals surface area (Å²) in [6.07, 6.45) is 0. The van der Waals surface area contributed by atoms with Crippen LogP contribution < -0.4 is 9.46 Å². The summed E-state index contributed by atoms with van der Waals surface area (Å²) in [6.45, 7) is 3.53. The third kappa shape index (κ3) is 3.69. The molecule has 0 saturated carbocycles. The third-order valence-electron chi connectivity index (χ3n) is 4.60. The Morgan fingerprint density at radius 3 is 2.60 bits per heavy atom. The molecule has 2 heterocycles. The van der Waals surface area contributed by atoms with Crippen LogP contribution in [0.1, 0.15) is 11.4 Å². The van der Waals surface area contributed by atoms with E-state index in [0.29, 0.717) is 39.1 Å². The highest BCUT2D eigenvalue weighted by Gasteiger charge is 2.20. The Hall–Kier alpha value is -3.17. The highest BCUT2D eigenvalue weighted by Crippen LogP contribution is 2.31. The normalized spacial score (nSPS) is 11.6. The van der Waals surface area contributed by atoms with E-state index in [1.165, 1.54) is 13.2 Å². The zero-order valence-corrected chi connectivity index (χ0v) is 18.0. The van der Waals surface area contributed by atoms with Crippen LogP contribution >= 0.6 is 11.6 Å². The number of rotatable bonds is 5. The van der Waals surface area contributed by atoms with Gasteiger partial charge >= 0.3 is 0 Å². The van der Waals surface area contributed by atoms with E-state index >= 15 is 0 Å². The van der Waals surface area contributed by atoms with Crippen molar-refractivity contribution >= 4 is 33.0 Å². The van der Waals surface area contributed by atoms with Crippen LogP contribution in [0.5, 0.6) is 5.75 Å². The number of hydrogen-bond donors (Lipinski definition) is 1. The van der Waals surface area contributed by atoms with Crippen molar-refractivity contribution in [3.8, 4) is 17.0 Å². The van der Waals surface area contributed by atoms with Crippen LogP contribution in [0.3, 0.4) is 0 Å². The third-order valence-corrected chi connectivity index (χ3v) is 6.34. The second kappa shape index (κ2) is 7.58. The summed E-state index contributed by atoms with van der Waals surface area (Å²) in [5, 5.41) is 12.9. The first-order valence-corrected chi connectivity index (χ1v) is 10.8. The van der Waals surface area contributed by atoms with E-state index in [1.807, 2.05) is 6.07 Å². The molecule has 0 aliphatic rings. The number of ether oxygens (including phenoxy) is 1. The molecule has 0 amide bonds. The quantitative estimate of drug-likeness (QED) is 0.502. The maximum Gasteiger partial charge on any atom is 0.262 e. The smallest absolute Gasteiger partial charge is 0.262 e. The van der Waals surface area contributed by atoms with E-state index in [1.54, 1.807) is 54.8 Å². The topological polar surface area (TPSA) is 98.5 Å². The van der Waals surface area contributed by atoms with E-state index in [2.05, 4.69) is 20.0 Å². The van der Waals surface area contributed by atoms with E-state index in [0.717, 1.165) is 0 Å². The van der Waals surface area contributed by atoms with Crippen molar-refractivity contribution in [3.05, 3.63) is 64.9 Å². The molecule has 8 nitrogen and oxygen atoms in total. The summed E-state index contributed by atoms with van der Waals surface area (Å²) in [4.78, 5) is 0.129. The summed E-state index contributed by atoms with van der Waals surface area (Å²) in [7, 11) is -2.45. The molecule has 0 bridgehead atoms. The van der Waals surface area contributed by atoms with Gasteiger partial charge in [-0.1, -0.05) is 23.7 Å². The van der Waals surface area contributed by atoms with Gasteiger partial charge in [-0.3, -0.25) is 4.72 Å². The number of benzene rings is 2. The van der Waals surface area contributed by atoms with Crippen LogP contribution in [-0.4, -0.2) is 35.3 Å². The fourth-order valence-electron chi connectivity index (χ4n) is 3.06. The number of fused-ring (bicyclic) bond motifs is 1. The van der Waals surface area contributed by atoms with Crippen LogP contribution in [0, 0.1) is 13.8 Å². The second-order valence-corrected chi connectivity index (χ2v) is 8.75. The van der Waals surface area contributed by atoms with Gasteiger partial charge in [-0.05, 0) is 55.8 Å². The van der Waals surface area contributed by atoms with Crippen molar-refractivity contribution < 1.29 is 13.2 Å². The minimum atomic E-state index is -3.91. The van der Waals surface area contributed by atoms with Gasteiger partial charge in [0.2, 0.25) is 0 Å². The number of aryl methyl sites for hydroxylation is 2. The number of nitrogens with one attached hydrogen (secondary N) is 1. The van der Waals surface area contributed by atoms with Gasteiger partial charge in [0.05, 0.1) is 23.4 Å². The molecule has 0 fully saturated rings. The first kappa shape index (κ1) is 20.1. The molecule has 2 aromatic heterocycles. The van der Waals surface area contributed by atoms with Crippen molar-refractivity contribution in [3.63, 3.8) is 0 Å². The van der Waals surface area contributed by atoms with E-state index < -0.39 is 10.0 Å². The Morgan fingerprint density at radius 1 is 1.03 bits per heavy atom. The van der Waals surface area contributed by atoms with Gasteiger partial charge in [-0.2, -0.15) is 9.61 Å². The number of anilines is 1. The Kier molecular flexibility index (Phi) is 5.08.